The van der Waals surface area contributed by atoms with Crippen molar-refractivity contribution in [2.24, 2.45) is 5.41 Å². The van der Waals surface area contributed by atoms with E-state index in [-0.39, 0.29) is 10.8 Å². The number of rotatable bonds is 5. The number of sulfonamides is 1. The molecular formula is C20H25N3O4S. The molecule has 0 fully saturated rings. The average Bonchev–Trinajstić information content (AvgIpc) is 2.61. The normalized spacial score (nSPS) is 11.9. The standard InChI is InChI=1S/C20H25N3O4S/c1-20(2,3)19(25)22-15-9-6-8-14(12-15)18(24)21-16-10-7-11-17(13-16)28(26,27)23(4)5/h6-13H,1-5H3,(H,21,24)(H,22,25). The van der Waals surface area contributed by atoms with Crippen LogP contribution in [0.25, 0.3) is 0 Å². The lowest BCUT2D eigenvalue weighted by atomic mass is 9.95. The Balaban J connectivity index is 2.20. The summed E-state index contributed by atoms with van der Waals surface area (Å²) in [6, 6.07) is 12.6. The first-order chi connectivity index (χ1) is 12.9. The maximum absolute atomic E-state index is 12.6. The molecule has 28 heavy (non-hydrogen) atoms. The van der Waals surface area contributed by atoms with Crippen LogP contribution >= 0.6 is 0 Å². The summed E-state index contributed by atoms with van der Waals surface area (Å²) >= 11 is 0. The number of amides is 2. The maximum Gasteiger partial charge on any atom is 0.255 e. The Morgan fingerprint density at radius 3 is 2.04 bits per heavy atom. The number of carbonyl (C=O) groups is 2. The van der Waals surface area contributed by atoms with E-state index in [9.17, 15) is 18.0 Å². The molecule has 0 aromatic heterocycles. The van der Waals surface area contributed by atoms with Crippen molar-refractivity contribution in [1.29, 1.82) is 0 Å². The molecule has 0 spiro atoms. The fourth-order valence-electron chi connectivity index (χ4n) is 2.21. The predicted molar refractivity (Wildman–Crippen MR) is 110 cm³/mol. The van der Waals surface area contributed by atoms with Crippen LogP contribution in [0, 0.1) is 5.41 Å². The average molecular weight is 404 g/mol. The van der Waals surface area contributed by atoms with Crippen LogP contribution in [-0.2, 0) is 14.8 Å². The van der Waals surface area contributed by atoms with Crippen molar-refractivity contribution in [1.82, 2.24) is 4.31 Å². The van der Waals surface area contributed by atoms with E-state index in [1.165, 1.54) is 26.2 Å². The van der Waals surface area contributed by atoms with Crippen LogP contribution in [0.3, 0.4) is 0 Å². The molecule has 8 heteroatoms. The van der Waals surface area contributed by atoms with E-state index >= 15 is 0 Å². The van der Waals surface area contributed by atoms with E-state index in [0.717, 1.165) is 4.31 Å². The summed E-state index contributed by atoms with van der Waals surface area (Å²) in [6.07, 6.45) is 0. The third kappa shape index (κ3) is 5.17. The van der Waals surface area contributed by atoms with Gasteiger partial charge in [-0.2, -0.15) is 0 Å². The van der Waals surface area contributed by atoms with Crippen molar-refractivity contribution >= 4 is 33.2 Å². The van der Waals surface area contributed by atoms with Gasteiger partial charge in [0.2, 0.25) is 15.9 Å². The summed E-state index contributed by atoms with van der Waals surface area (Å²) in [5.41, 5.74) is 0.650. The van der Waals surface area contributed by atoms with Gasteiger partial charge in [0.1, 0.15) is 0 Å². The lowest BCUT2D eigenvalue weighted by molar-refractivity contribution is -0.123. The van der Waals surface area contributed by atoms with E-state index in [0.29, 0.717) is 16.9 Å². The Morgan fingerprint density at radius 2 is 1.46 bits per heavy atom. The van der Waals surface area contributed by atoms with E-state index in [1.807, 2.05) is 0 Å². The van der Waals surface area contributed by atoms with Gasteiger partial charge < -0.3 is 10.6 Å². The van der Waals surface area contributed by atoms with Gasteiger partial charge in [0.25, 0.3) is 5.91 Å². The smallest absolute Gasteiger partial charge is 0.255 e. The molecule has 0 radical (unpaired) electrons. The Hall–Kier alpha value is -2.71. The molecule has 0 bridgehead atoms. The number of nitrogens with zero attached hydrogens (tertiary/aromatic N) is 1. The summed E-state index contributed by atoms with van der Waals surface area (Å²) in [4.78, 5) is 24.8. The highest BCUT2D eigenvalue weighted by Gasteiger charge is 2.21. The molecule has 2 N–H and O–H groups in total. The Kier molecular flexibility index (Phi) is 6.26. The molecule has 2 aromatic rings. The van der Waals surface area contributed by atoms with Crippen LogP contribution in [0.15, 0.2) is 53.4 Å². The second-order valence-electron chi connectivity index (χ2n) is 7.55. The summed E-state index contributed by atoms with van der Waals surface area (Å²) in [6.45, 7) is 5.40. The molecule has 0 aliphatic heterocycles. The molecule has 0 saturated carbocycles. The van der Waals surface area contributed by atoms with Crippen LogP contribution in [0.1, 0.15) is 31.1 Å². The van der Waals surface area contributed by atoms with Gasteiger partial charge in [0.05, 0.1) is 4.90 Å². The minimum Gasteiger partial charge on any atom is -0.326 e. The van der Waals surface area contributed by atoms with Crippen LogP contribution in [0.5, 0.6) is 0 Å². The first kappa shape index (κ1) is 21.6. The highest BCUT2D eigenvalue weighted by molar-refractivity contribution is 7.89. The number of hydrogen-bond acceptors (Lipinski definition) is 4. The third-order valence-electron chi connectivity index (χ3n) is 3.93. The van der Waals surface area contributed by atoms with Gasteiger partial charge >= 0.3 is 0 Å². The monoisotopic (exact) mass is 403 g/mol. The van der Waals surface area contributed by atoms with E-state index in [1.54, 1.807) is 57.2 Å². The Bertz CT molecular complexity index is 993. The van der Waals surface area contributed by atoms with E-state index in [4.69, 9.17) is 0 Å². The molecule has 2 rings (SSSR count). The quantitative estimate of drug-likeness (QED) is 0.801. The predicted octanol–water partition coefficient (Wildman–Crippen LogP) is 3.17. The maximum atomic E-state index is 12.6. The molecule has 150 valence electrons. The number of anilines is 2. The number of carbonyl (C=O) groups excluding carboxylic acids is 2. The number of hydrogen-bond donors (Lipinski definition) is 2. The Morgan fingerprint density at radius 1 is 0.893 bits per heavy atom. The molecule has 0 heterocycles. The third-order valence-corrected chi connectivity index (χ3v) is 5.75. The van der Waals surface area contributed by atoms with Crippen LogP contribution in [0.2, 0.25) is 0 Å². The molecule has 0 unspecified atom stereocenters. The summed E-state index contributed by atoms with van der Waals surface area (Å²) in [5.74, 6) is -0.571. The fourth-order valence-corrected chi connectivity index (χ4v) is 3.15. The second-order valence-corrected chi connectivity index (χ2v) is 9.71. The molecule has 0 atom stereocenters. The van der Waals surface area contributed by atoms with Crippen LogP contribution < -0.4 is 10.6 Å². The molecular weight excluding hydrogens is 378 g/mol. The minimum atomic E-state index is -3.60. The van der Waals surface area contributed by atoms with Crippen molar-refractivity contribution in [2.45, 2.75) is 25.7 Å². The number of benzene rings is 2. The summed E-state index contributed by atoms with van der Waals surface area (Å²) < 4.78 is 25.6. The van der Waals surface area contributed by atoms with Gasteiger partial charge in [-0.3, -0.25) is 9.59 Å². The highest BCUT2D eigenvalue weighted by Crippen LogP contribution is 2.21. The van der Waals surface area contributed by atoms with Crippen molar-refractivity contribution in [2.75, 3.05) is 24.7 Å². The molecule has 2 aromatic carbocycles. The first-order valence-electron chi connectivity index (χ1n) is 8.67. The lowest BCUT2D eigenvalue weighted by Gasteiger charge is -2.18. The molecule has 0 saturated heterocycles. The molecule has 7 nitrogen and oxygen atoms in total. The first-order valence-corrected chi connectivity index (χ1v) is 10.1. The zero-order valence-electron chi connectivity index (χ0n) is 16.6. The van der Waals surface area contributed by atoms with E-state index in [2.05, 4.69) is 10.6 Å². The largest absolute Gasteiger partial charge is 0.326 e. The minimum absolute atomic E-state index is 0.0847. The van der Waals surface area contributed by atoms with Crippen molar-refractivity contribution in [3.8, 4) is 0 Å². The summed E-state index contributed by atoms with van der Waals surface area (Å²) in [5, 5.41) is 5.46. The molecule has 0 aliphatic carbocycles. The molecule has 2 amide bonds. The van der Waals surface area contributed by atoms with Gasteiger partial charge in [-0.05, 0) is 36.4 Å². The fraction of sp³-hybridized carbons (Fsp3) is 0.300. The van der Waals surface area contributed by atoms with Gasteiger partial charge in [-0.25, -0.2) is 12.7 Å². The Labute approximate surface area is 165 Å². The summed E-state index contributed by atoms with van der Waals surface area (Å²) in [7, 11) is -0.715. The van der Waals surface area contributed by atoms with Crippen molar-refractivity contribution < 1.29 is 18.0 Å². The zero-order chi connectivity index (χ0) is 21.1. The van der Waals surface area contributed by atoms with Crippen molar-refractivity contribution in [3.63, 3.8) is 0 Å². The zero-order valence-corrected chi connectivity index (χ0v) is 17.4. The topological polar surface area (TPSA) is 95.6 Å². The SMILES string of the molecule is CN(C)S(=O)(=O)c1cccc(NC(=O)c2cccc(NC(=O)C(C)(C)C)c2)c1. The molecule has 0 aliphatic rings. The number of nitrogens with one attached hydrogen (secondary N) is 2. The lowest BCUT2D eigenvalue weighted by Crippen LogP contribution is -2.27. The van der Waals surface area contributed by atoms with Gasteiger partial charge in [0, 0.05) is 36.4 Å². The van der Waals surface area contributed by atoms with Crippen LogP contribution in [0.4, 0.5) is 11.4 Å². The van der Waals surface area contributed by atoms with Gasteiger partial charge in [-0.1, -0.05) is 32.9 Å². The van der Waals surface area contributed by atoms with Crippen molar-refractivity contribution in [3.05, 3.63) is 54.1 Å². The van der Waals surface area contributed by atoms with Gasteiger partial charge in [0.15, 0.2) is 0 Å². The van der Waals surface area contributed by atoms with Crippen LogP contribution in [-0.4, -0.2) is 38.6 Å². The van der Waals surface area contributed by atoms with Gasteiger partial charge in [-0.15, -0.1) is 0 Å². The highest BCUT2D eigenvalue weighted by atomic mass is 32.2. The van der Waals surface area contributed by atoms with E-state index < -0.39 is 21.3 Å². The second kappa shape index (κ2) is 8.12.